The molecule has 0 aliphatic carbocycles. The van der Waals surface area contributed by atoms with Crippen LogP contribution in [0.3, 0.4) is 0 Å². The number of aromatic nitrogens is 2. The van der Waals surface area contributed by atoms with Crippen LogP contribution in [0.15, 0.2) is 22.9 Å². The summed E-state index contributed by atoms with van der Waals surface area (Å²) in [6.45, 7) is 7.70. The van der Waals surface area contributed by atoms with Gasteiger partial charge in [-0.2, -0.15) is 0 Å². The molecule has 5 nitrogen and oxygen atoms in total. The Morgan fingerprint density at radius 3 is 2.42 bits per heavy atom. The van der Waals surface area contributed by atoms with Gasteiger partial charge >= 0.3 is 0 Å². The third-order valence-electron chi connectivity index (χ3n) is 2.99. The number of anilines is 1. The molecule has 5 heteroatoms. The molecule has 0 aliphatic rings. The quantitative estimate of drug-likeness (QED) is 0.883. The summed E-state index contributed by atoms with van der Waals surface area (Å²) in [7, 11) is 0. The fraction of sp³-hybridized carbons (Fsp3) is 0.429. The summed E-state index contributed by atoms with van der Waals surface area (Å²) in [6, 6.07) is 1.85. The summed E-state index contributed by atoms with van der Waals surface area (Å²) < 4.78 is 5.45. The number of nitrogens with zero attached hydrogens (tertiary/aromatic N) is 2. The number of hydrogen-bond acceptors (Lipinski definition) is 5. The average Bonchev–Trinajstić information content (AvgIpc) is 2.69. The second-order valence-corrected chi connectivity index (χ2v) is 5.04. The molecule has 0 radical (unpaired) electrons. The lowest BCUT2D eigenvalue weighted by atomic mass is 9.96. The van der Waals surface area contributed by atoms with Crippen molar-refractivity contribution in [3.8, 4) is 0 Å². The lowest BCUT2D eigenvalue weighted by molar-refractivity contribution is 0.0697. The smallest absolute Gasteiger partial charge is 0.222 e. The Balaban J connectivity index is 2.09. The molecule has 0 bridgehead atoms. The molecule has 0 aromatic carbocycles. The lowest BCUT2D eigenvalue weighted by Gasteiger charge is -2.23. The normalized spacial score (nSPS) is 14.2. The average molecular weight is 261 g/mol. The van der Waals surface area contributed by atoms with Crippen LogP contribution in [-0.4, -0.2) is 21.6 Å². The van der Waals surface area contributed by atoms with Gasteiger partial charge in [-0.05, 0) is 39.3 Å². The van der Waals surface area contributed by atoms with Crippen LogP contribution in [-0.2, 0) is 5.60 Å². The molecule has 0 aliphatic heterocycles. The minimum absolute atomic E-state index is 0.315. The van der Waals surface area contributed by atoms with Crippen molar-refractivity contribution in [2.45, 2.75) is 33.3 Å². The highest BCUT2D eigenvalue weighted by atomic mass is 16.3. The highest BCUT2D eigenvalue weighted by Crippen LogP contribution is 2.26. The zero-order chi connectivity index (χ0) is 14.0. The van der Waals surface area contributed by atoms with Gasteiger partial charge in [-0.25, -0.2) is 9.97 Å². The van der Waals surface area contributed by atoms with Gasteiger partial charge in [0.05, 0.1) is 6.54 Å². The summed E-state index contributed by atoms with van der Waals surface area (Å²) in [6.07, 6.45) is 3.47. The molecule has 1 atom stereocenters. The van der Waals surface area contributed by atoms with Crippen LogP contribution < -0.4 is 5.32 Å². The number of aryl methyl sites for hydroxylation is 3. The summed E-state index contributed by atoms with van der Waals surface area (Å²) >= 11 is 0. The molecule has 0 spiro atoms. The molecule has 19 heavy (non-hydrogen) atoms. The molecule has 2 aromatic heterocycles. The van der Waals surface area contributed by atoms with Gasteiger partial charge in [0.15, 0.2) is 0 Å². The van der Waals surface area contributed by atoms with E-state index in [0.717, 1.165) is 22.6 Å². The summed E-state index contributed by atoms with van der Waals surface area (Å²) in [5.41, 5.74) is 0.749. The van der Waals surface area contributed by atoms with Crippen molar-refractivity contribution in [3.05, 3.63) is 41.1 Å². The van der Waals surface area contributed by atoms with Crippen LogP contribution in [0.5, 0.6) is 0 Å². The Kier molecular flexibility index (Phi) is 3.57. The maximum absolute atomic E-state index is 10.5. The fourth-order valence-electron chi connectivity index (χ4n) is 2.00. The van der Waals surface area contributed by atoms with Crippen molar-refractivity contribution in [3.63, 3.8) is 0 Å². The van der Waals surface area contributed by atoms with E-state index in [1.54, 1.807) is 19.3 Å². The van der Waals surface area contributed by atoms with Gasteiger partial charge in [0, 0.05) is 18.0 Å². The third kappa shape index (κ3) is 3.12. The van der Waals surface area contributed by atoms with Gasteiger partial charge < -0.3 is 14.8 Å². The zero-order valence-corrected chi connectivity index (χ0v) is 11.7. The molecular weight excluding hydrogens is 242 g/mol. The van der Waals surface area contributed by atoms with Crippen molar-refractivity contribution in [2.24, 2.45) is 0 Å². The van der Waals surface area contributed by atoms with Crippen LogP contribution in [0.1, 0.15) is 29.6 Å². The van der Waals surface area contributed by atoms with Crippen molar-refractivity contribution in [2.75, 3.05) is 11.9 Å². The molecule has 2 heterocycles. The standard InChI is InChI=1S/C14H19N3O2/c1-9-6-15-13(16-7-9)17-8-14(4,18)12-5-10(2)19-11(12)3/h5-7,18H,8H2,1-4H3,(H,15,16,17). The van der Waals surface area contributed by atoms with Crippen molar-refractivity contribution in [1.29, 1.82) is 0 Å². The lowest BCUT2D eigenvalue weighted by Crippen LogP contribution is -2.31. The molecule has 0 fully saturated rings. The summed E-state index contributed by atoms with van der Waals surface area (Å²) in [5, 5.41) is 13.6. The Morgan fingerprint density at radius 2 is 1.89 bits per heavy atom. The van der Waals surface area contributed by atoms with Gasteiger partial charge in [-0.1, -0.05) is 0 Å². The summed E-state index contributed by atoms with van der Waals surface area (Å²) in [4.78, 5) is 8.29. The van der Waals surface area contributed by atoms with Crippen LogP contribution in [0.2, 0.25) is 0 Å². The van der Waals surface area contributed by atoms with Crippen molar-refractivity contribution >= 4 is 5.95 Å². The number of furan rings is 1. The van der Waals surface area contributed by atoms with Gasteiger partial charge in [0.1, 0.15) is 17.1 Å². The molecule has 102 valence electrons. The number of aliphatic hydroxyl groups is 1. The summed E-state index contributed by atoms with van der Waals surface area (Å²) in [5.74, 6) is 2.03. The van der Waals surface area contributed by atoms with E-state index >= 15 is 0 Å². The minimum Gasteiger partial charge on any atom is -0.466 e. The second kappa shape index (κ2) is 5.01. The van der Waals surface area contributed by atoms with Gasteiger partial charge in [0.2, 0.25) is 5.95 Å². The highest BCUT2D eigenvalue weighted by Gasteiger charge is 2.27. The van der Waals surface area contributed by atoms with Crippen molar-refractivity contribution in [1.82, 2.24) is 9.97 Å². The predicted octanol–water partition coefficient (Wildman–Crippen LogP) is 2.31. The monoisotopic (exact) mass is 261 g/mol. The molecule has 0 saturated carbocycles. The number of rotatable bonds is 4. The van der Waals surface area contributed by atoms with Gasteiger partial charge in [-0.3, -0.25) is 0 Å². The third-order valence-corrected chi connectivity index (χ3v) is 2.99. The number of hydrogen-bond donors (Lipinski definition) is 2. The van der Waals surface area contributed by atoms with E-state index in [-0.39, 0.29) is 0 Å². The molecule has 1 unspecified atom stereocenters. The van der Waals surface area contributed by atoms with E-state index < -0.39 is 5.60 Å². The zero-order valence-electron chi connectivity index (χ0n) is 11.7. The molecular formula is C14H19N3O2. The van der Waals surface area contributed by atoms with Crippen LogP contribution >= 0.6 is 0 Å². The van der Waals surface area contributed by atoms with E-state index in [1.807, 2.05) is 26.8 Å². The fourth-order valence-corrected chi connectivity index (χ4v) is 2.00. The van der Waals surface area contributed by atoms with E-state index in [9.17, 15) is 5.11 Å². The first kappa shape index (κ1) is 13.5. The SMILES string of the molecule is Cc1cnc(NCC(C)(O)c2cc(C)oc2C)nc1. The van der Waals surface area contributed by atoms with Crippen LogP contribution in [0.25, 0.3) is 0 Å². The maximum Gasteiger partial charge on any atom is 0.222 e. The van der Waals surface area contributed by atoms with Crippen LogP contribution in [0.4, 0.5) is 5.95 Å². The van der Waals surface area contributed by atoms with E-state index in [1.165, 1.54) is 0 Å². The molecule has 2 rings (SSSR count). The van der Waals surface area contributed by atoms with E-state index in [0.29, 0.717) is 12.5 Å². The Labute approximate surface area is 112 Å². The van der Waals surface area contributed by atoms with Crippen molar-refractivity contribution < 1.29 is 9.52 Å². The predicted molar refractivity (Wildman–Crippen MR) is 73.0 cm³/mol. The minimum atomic E-state index is -1.03. The molecule has 0 saturated heterocycles. The topological polar surface area (TPSA) is 71.2 Å². The van der Waals surface area contributed by atoms with E-state index in [2.05, 4.69) is 15.3 Å². The largest absolute Gasteiger partial charge is 0.466 e. The van der Waals surface area contributed by atoms with Gasteiger partial charge in [0.25, 0.3) is 0 Å². The highest BCUT2D eigenvalue weighted by molar-refractivity contribution is 5.31. The van der Waals surface area contributed by atoms with E-state index in [4.69, 9.17) is 4.42 Å². The molecule has 2 aromatic rings. The first-order valence-electron chi connectivity index (χ1n) is 6.21. The maximum atomic E-state index is 10.5. The second-order valence-electron chi connectivity index (χ2n) is 5.04. The van der Waals surface area contributed by atoms with Crippen LogP contribution in [0, 0.1) is 20.8 Å². The Bertz CT molecular complexity index is 559. The Hall–Kier alpha value is -1.88. The first-order valence-corrected chi connectivity index (χ1v) is 6.21. The first-order chi connectivity index (χ1) is 8.88. The molecule has 0 amide bonds. The molecule has 2 N–H and O–H groups in total. The number of nitrogens with one attached hydrogen (secondary N) is 1. The van der Waals surface area contributed by atoms with Gasteiger partial charge in [-0.15, -0.1) is 0 Å². The Morgan fingerprint density at radius 1 is 1.26 bits per heavy atom.